The average Bonchev–Trinajstić information content (AvgIpc) is 3.34. The van der Waals surface area contributed by atoms with Crippen molar-refractivity contribution >= 4 is 29.7 Å². The molecule has 0 amide bonds. The molecule has 3 aliphatic heterocycles. The molecule has 17 nitrogen and oxygen atoms in total. The zero-order valence-corrected chi connectivity index (χ0v) is 52.3. The van der Waals surface area contributed by atoms with Crippen LogP contribution in [0, 0.1) is 6.92 Å². The van der Waals surface area contributed by atoms with Crippen molar-refractivity contribution in [3.05, 3.63) is 5.82 Å². The lowest BCUT2D eigenvalue weighted by molar-refractivity contribution is -0.289. The first-order valence-corrected chi connectivity index (χ1v) is 30.8. The molecule has 0 saturated carbocycles. The predicted molar refractivity (Wildman–Crippen MR) is 315 cm³/mol. The molecule has 0 aromatic carbocycles. The summed E-state index contributed by atoms with van der Waals surface area (Å²) >= 11 is 0. The summed E-state index contributed by atoms with van der Waals surface area (Å²) in [6.45, 7) is 44.0. The molecule has 0 atom stereocenters. The SMILES string of the molecule is CCCCN(CCCC)c1nc(N(CCCC)CCCC)nc(N(CCCCCCN(c2nc(C)nc(N(CCCC)C3CC(C)(C)N([O])C(C)(C)C3)n2)C2CC(C)(C)N([O])C(C)(C)C2)C2CC(C)(C)N([O])C(C)(C)C2)n1. The lowest BCUT2D eigenvalue weighted by Gasteiger charge is -2.53. The maximum absolute atomic E-state index is 13.9. The number of nitrogens with zero attached hydrogens (tertiary/aromatic N) is 14. The van der Waals surface area contributed by atoms with E-state index in [1.807, 2.05) is 6.92 Å². The Morgan fingerprint density at radius 3 is 0.831 bits per heavy atom. The van der Waals surface area contributed by atoms with Crippen LogP contribution in [0.3, 0.4) is 0 Å². The Morgan fingerprint density at radius 2 is 0.558 bits per heavy atom. The summed E-state index contributed by atoms with van der Waals surface area (Å²) < 4.78 is 0. The first-order chi connectivity index (χ1) is 36.1. The minimum atomic E-state index is -0.581. The second-order valence-electron chi connectivity index (χ2n) is 27.4. The van der Waals surface area contributed by atoms with Gasteiger partial charge in [0.05, 0.1) is 0 Å². The summed E-state index contributed by atoms with van der Waals surface area (Å²) in [6.07, 6.45) is 18.7. The molecule has 2 aromatic heterocycles. The maximum Gasteiger partial charge on any atom is 0.232 e. The number of unbranched alkanes of at least 4 members (excludes halogenated alkanes) is 8. The van der Waals surface area contributed by atoms with E-state index in [-0.39, 0.29) is 18.1 Å². The van der Waals surface area contributed by atoms with Crippen LogP contribution >= 0.6 is 0 Å². The Labute approximate surface area is 469 Å². The molecule has 5 heterocycles. The van der Waals surface area contributed by atoms with Crippen LogP contribution in [0.15, 0.2) is 0 Å². The Morgan fingerprint density at radius 1 is 0.338 bits per heavy atom. The smallest absolute Gasteiger partial charge is 0.232 e. The van der Waals surface area contributed by atoms with Gasteiger partial charge in [-0.25, -0.2) is 0 Å². The van der Waals surface area contributed by atoms with Crippen LogP contribution in [0.25, 0.3) is 0 Å². The third-order valence-corrected chi connectivity index (χ3v) is 17.1. The van der Waals surface area contributed by atoms with E-state index >= 15 is 0 Å². The third-order valence-electron chi connectivity index (χ3n) is 17.1. The molecule has 2 aromatic rings. The van der Waals surface area contributed by atoms with Crippen LogP contribution in [0.1, 0.15) is 252 Å². The molecule has 439 valence electrons. The van der Waals surface area contributed by atoms with Crippen LogP contribution in [-0.2, 0) is 15.6 Å². The Balaban J connectivity index is 1.49. The van der Waals surface area contributed by atoms with Gasteiger partial charge in [-0.1, -0.05) is 79.6 Å². The van der Waals surface area contributed by atoms with E-state index in [9.17, 15) is 15.6 Å². The molecule has 0 aliphatic carbocycles. The summed E-state index contributed by atoms with van der Waals surface area (Å²) in [4.78, 5) is 43.9. The van der Waals surface area contributed by atoms with Gasteiger partial charge in [0.2, 0.25) is 29.7 Å². The van der Waals surface area contributed by atoms with Crippen molar-refractivity contribution < 1.29 is 15.6 Å². The number of hydrogen-bond acceptors (Lipinski definition) is 14. The van der Waals surface area contributed by atoms with Crippen molar-refractivity contribution in [2.45, 2.75) is 304 Å². The topological polar surface area (TPSA) is 163 Å². The molecule has 77 heavy (non-hydrogen) atoms. The number of aromatic nitrogens is 6. The van der Waals surface area contributed by atoms with Crippen LogP contribution in [-0.4, -0.2) is 142 Å². The van der Waals surface area contributed by atoms with Crippen molar-refractivity contribution in [2.75, 3.05) is 70.3 Å². The van der Waals surface area contributed by atoms with Crippen molar-refractivity contribution in [3.63, 3.8) is 0 Å². The van der Waals surface area contributed by atoms with Gasteiger partial charge in [-0.05, 0) is 173 Å². The van der Waals surface area contributed by atoms with Gasteiger partial charge >= 0.3 is 0 Å². The zero-order valence-electron chi connectivity index (χ0n) is 52.3. The molecular formula is C60H111N14O3. The van der Waals surface area contributed by atoms with Gasteiger partial charge in [-0.2, -0.15) is 29.9 Å². The Bertz CT molecular complexity index is 1990. The highest BCUT2D eigenvalue weighted by atomic mass is 16.5. The van der Waals surface area contributed by atoms with Crippen LogP contribution in [0.4, 0.5) is 29.7 Å². The maximum atomic E-state index is 13.9. The summed E-state index contributed by atoms with van der Waals surface area (Å²) in [5.74, 6) is 4.30. The zero-order chi connectivity index (χ0) is 57.1. The Kier molecular flexibility index (Phi) is 23.1. The lowest BCUT2D eigenvalue weighted by atomic mass is 9.78. The first kappa shape index (κ1) is 64.6. The second kappa shape index (κ2) is 27.5. The fourth-order valence-electron chi connectivity index (χ4n) is 13.4. The number of aryl methyl sites for hydroxylation is 1. The molecule has 0 bridgehead atoms. The quantitative estimate of drug-likeness (QED) is 0.0679. The van der Waals surface area contributed by atoms with Crippen LogP contribution < -0.4 is 24.5 Å². The van der Waals surface area contributed by atoms with E-state index in [4.69, 9.17) is 29.9 Å². The van der Waals surface area contributed by atoms with Gasteiger partial charge in [0.25, 0.3) is 0 Å². The van der Waals surface area contributed by atoms with E-state index < -0.39 is 33.2 Å². The average molecular weight is 1080 g/mol. The number of hydrogen-bond donors (Lipinski definition) is 0. The predicted octanol–water partition coefficient (Wildman–Crippen LogP) is 12.8. The summed E-state index contributed by atoms with van der Waals surface area (Å²) in [6, 6.07) is 0.184. The largest absolute Gasteiger partial charge is 0.341 e. The third kappa shape index (κ3) is 16.7. The molecule has 5 rings (SSSR count). The van der Waals surface area contributed by atoms with E-state index in [2.05, 4.69) is 142 Å². The molecule has 3 fully saturated rings. The standard InChI is InChI=1S/C60H111N14O3/c1-19-24-33-67(34-25-20-2)50-63-51(68(35-26-21-3)36-27-22-4)65-54(64-50)71(49-44-59(15,16)74(77)60(17,18)45-49)39-32-30-29-31-38-70(48-42-57(11,12)73(76)58(13,14)43-48)53-62-46(6)61-52(66-53)69(37-28-23-5)47-40-55(7,8)72(75)56(9,10)41-47/h47-49H,19-45H2,1-18H3. The highest BCUT2D eigenvalue weighted by molar-refractivity contribution is 5.48. The van der Waals surface area contributed by atoms with Crippen molar-refractivity contribution in [1.82, 2.24) is 45.1 Å². The van der Waals surface area contributed by atoms with Crippen LogP contribution in [0.5, 0.6) is 0 Å². The monoisotopic (exact) mass is 1080 g/mol. The molecule has 0 unspecified atom stereocenters. The second-order valence-corrected chi connectivity index (χ2v) is 27.4. The fraction of sp³-hybridized carbons (Fsp3) is 0.900. The number of anilines is 5. The van der Waals surface area contributed by atoms with Crippen molar-refractivity contribution in [2.24, 2.45) is 0 Å². The lowest BCUT2D eigenvalue weighted by Crippen LogP contribution is -2.63. The Hall–Kier alpha value is -3.22. The summed E-state index contributed by atoms with van der Waals surface area (Å²) in [5, 5.41) is 45.2. The van der Waals surface area contributed by atoms with E-state index in [0.717, 1.165) is 154 Å². The number of hydroxylamine groups is 6. The molecule has 0 spiro atoms. The van der Waals surface area contributed by atoms with Gasteiger partial charge in [0.15, 0.2) is 0 Å². The molecule has 3 saturated heterocycles. The summed E-state index contributed by atoms with van der Waals surface area (Å²) in [5.41, 5.74) is -3.38. The highest BCUT2D eigenvalue weighted by Crippen LogP contribution is 2.44. The minimum absolute atomic E-state index is 0.0373. The molecule has 17 heteroatoms. The first-order valence-electron chi connectivity index (χ1n) is 30.8. The van der Waals surface area contributed by atoms with Crippen molar-refractivity contribution in [1.29, 1.82) is 0 Å². The highest BCUT2D eigenvalue weighted by Gasteiger charge is 2.51. The minimum Gasteiger partial charge on any atom is -0.341 e. The van der Waals surface area contributed by atoms with Crippen molar-refractivity contribution in [3.8, 4) is 0 Å². The van der Waals surface area contributed by atoms with Crippen LogP contribution in [0.2, 0.25) is 0 Å². The molecule has 3 aliphatic rings. The number of rotatable bonds is 30. The van der Waals surface area contributed by atoms with Gasteiger partial charge < -0.3 is 24.5 Å². The molecule has 0 N–H and O–H groups in total. The van der Waals surface area contributed by atoms with Gasteiger partial charge in [0.1, 0.15) is 5.82 Å². The van der Waals surface area contributed by atoms with E-state index in [0.29, 0.717) is 56.2 Å². The van der Waals surface area contributed by atoms with E-state index in [1.165, 1.54) is 15.2 Å². The van der Waals surface area contributed by atoms with E-state index in [1.54, 1.807) is 0 Å². The van der Waals surface area contributed by atoms with Gasteiger partial charge in [-0.15, -0.1) is 30.8 Å². The number of piperidine rings is 3. The fourth-order valence-corrected chi connectivity index (χ4v) is 13.4. The normalized spacial score (nSPS) is 20.8. The molecule has 3 radical (unpaired) electrons. The molecular weight excluding hydrogens is 965 g/mol. The van der Waals surface area contributed by atoms with Gasteiger partial charge in [0, 0.05) is 97.2 Å². The van der Waals surface area contributed by atoms with Gasteiger partial charge in [-0.3, -0.25) is 0 Å². The summed E-state index contributed by atoms with van der Waals surface area (Å²) in [7, 11) is 0.